The van der Waals surface area contributed by atoms with E-state index in [-0.39, 0.29) is 0 Å². The van der Waals surface area contributed by atoms with Gasteiger partial charge < -0.3 is 0 Å². The fraction of sp³-hybridized carbons (Fsp3) is 0.364. The fourth-order valence-corrected chi connectivity index (χ4v) is 1.49. The van der Waals surface area contributed by atoms with Gasteiger partial charge in [0.05, 0.1) is 5.69 Å². The summed E-state index contributed by atoms with van der Waals surface area (Å²) in [6.07, 6.45) is 2.87. The van der Waals surface area contributed by atoms with Crippen molar-refractivity contribution in [1.29, 1.82) is 0 Å². The summed E-state index contributed by atoms with van der Waals surface area (Å²) in [6.45, 7) is 5.94. The average molecular weight is 202 g/mol. The van der Waals surface area contributed by atoms with Crippen LogP contribution in [0.5, 0.6) is 0 Å². The van der Waals surface area contributed by atoms with Gasteiger partial charge in [0.25, 0.3) is 0 Å². The van der Waals surface area contributed by atoms with Crippen molar-refractivity contribution in [2.24, 2.45) is 0 Å². The van der Waals surface area contributed by atoms with Gasteiger partial charge in [0, 0.05) is 18.0 Å². The fourth-order valence-electron chi connectivity index (χ4n) is 1.49. The molecule has 0 N–H and O–H groups in total. The topological polar surface area (TPSA) is 43.6 Å². The van der Waals surface area contributed by atoms with E-state index in [0.29, 0.717) is 0 Å². The first-order valence-corrected chi connectivity index (χ1v) is 5.06. The third-order valence-corrected chi connectivity index (χ3v) is 2.19. The molecule has 2 heterocycles. The van der Waals surface area contributed by atoms with Crippen LogP contribution in [0.15, 0.2) is 18.3 Å². The van der Waals surface area contributed by atoms with E-state index in [1.807, 2.05) is 32.2 Å². The lowest BCUT2D eigenvalue weighted by molar-refractivity contribution is 0.798. The Hall–Kier alpha value is -1.71. The normalized spacial score (nSPS) is 10.6. The van der Waals surface area contributed by atoms with Crippen LogP contribution >= 0.6 is 0 Å². The zero-order valence-corrected chi connectivity index (χ0v) is 9.23. The van der Waals surface area contributed by atoms with Crippen LogP contribution in [0, 0.1) is 13.8 Å². The Balaban J connectivity index is 2.44. The molecule has 15 heavy (non-hydrogen) atoms. The molecule has 0 fully saturated rings. The smallest absolute Gasteiger partial charge is 0.157 e. The van der Waals surface area contributed by atoms with Crippen LogP contribution in [-0.2, 0) is 6.42 Å². The third-order valence-electron chi connectivity index (χ3n) is 2.19. The summed E-state index contributed by atoms with van der Waals surface area (Å²) in [7, 11) is 0. The summed E-state index contributed by atoms with van der Waals surface area (Å²) in [5.74, 6) is 1.61. The minimum Gasteiger partial charge on any atom is -0.238 e. The van der Waals surface area contributed by atoms with Gasteiger partial charge in [-0.05, 0) is 26.3 Å². The molecule has 0 unspecified atom stereocenters. The van der Waals surface area contributed by atoms with Gasteiger partial charge in [0.1, 0.15) is 5.82 Å². The Morgan fingerprint density at radius 2 is 2.07 bits per heavy atom. The molecule has 0 saturated heterocycles. The van der Waals surface area contributed by atoms with Crippen LogP contribution in [0.4, 0.5) is 0 Å². The van der Waals surface area contributed by atoms with Crippen LogP contribution in [0.25, 0.3) is 5.82 Å². The van der Waals surface area contributed by atoms with E-state index >= 15 is 0 Å². The summed E-state index contributed by atoms with van der Waals surface area (Å²) in [4.78, 5) is 8.58. The lowest BCUT2D eigenvalue weighted by Crippen LogP contribution is -2.02. The molecule has 0 amide bonds. The van der Waals surface area contributed by atoms with Gasteiger partial charge in [-0.15, -0.1) is 0 Å². The standard InChI is InChI=1S/C11H14N4/c1-4-10-5-6-15(14-10)11-7-8(2)12-9(3)13-11/h5-7H,4H2,1-3H3. The molecule has 0 bridgehead atoms. The minimum atomic E-state index is 0.776. The van der Waals surface area contributed by atoms with Crippen molar-refractivity contribution in [2.75, 3.05) is 0 Å². The quantitative estimate of drug-likeness (QED) is 0.746. The van der Waals surface area contributed by atoms with E-state index in [1.165, 1.54) is 0 Å². The molecular formula is C11H14N4. The van der Waals surface area contributed by atoms with Crippen molar-refractivity contribution in [3.63, 3.8) is 0 Å². The van der Waals surface area contributed by atoms with Crippen LogP contribution in [0.1, 0.15) is 24.1 Å². The molecule has 0 radical (unpaired) electrons. The molecule has 0 aliphatic heterocycles. The van der Waals surface area contributed by atoms with Gasteiger partial charge in [-0.2, -0.15) is 5.10 Å². The zero-order chi connectivity index (χ0) is 10.8. The maximum Gasteiger partial charge on any atom is 0.157 e. The van der Waals surface area contributed by atoms with Gasteiger partial charge in [0.2, 0.25) is 0 Å². The first-order valence-electron chi connectivity index (χ1n) is 5.06. The molecule has 0 spiro atoms. The van der Waals surface area contributed by atoms with Crippen LogP contribution in [0.2, 0.25) is 0 Å². The molecule has 0 aliphatic carbocycles. The lowest BCUT2D eigenvalue weighted by Gasteiger charge is -2.02. The monoisotopic (exact) mass is 202 g/mol. The van der Waals surface area contributed by atoms with Gasteiger partial charge in [-0.25, -0.2) is 14.6 Å². The van der Waals surface area contributed by atoms with Gasteiger partial charge >= 0.3 is 0 Å². The highest BCUT2D eigenvalue weighted by Gasteiger charge is 2.03. The van der Waals surface area contributed by atoms with E-state index in [9.17, 15) is 0 Å². The van der Waals surface area contributed by atoms with Crippen LogP contribution in [-0.4, -0.2) is 19.7 Å². The lowest BCUT2D eigenvalue weighted by atomic mass is 10.4. The Kier molecular flexibility index (Phi) is 2.49. The molecule has 0 aliphatic rings. The van der Waals surface area contributed by atoms with E-state index in [0.717, 1.165) is 29.5 Å². The molecule has 0 saturated carbocycles. The van der Waals surface area contributed by atoms with Crippen molar-refractivity contribution >= 4 is 0 Å². The van der Waals surface area contributed by atoms with Crippen molar-refractivity contribution in [2.45, 2.75) is 27.2 Å². The molecule has 0 atom stereocenters. The van der Waals surface area contributed by atoms with Crippen molar-refractivity contribution in [3.8, 4) is 5.82 Å². The number of nitrogens with zero attached hydrogens (tertiary/aromatic N) is 4. The predicted octanol–water partition coefficient (Wildman–Crippen LogP) is 1.84. The molecule has 0 aromatic carbocycles. The largest absolute Gasteiger partial charge is 0.238 e. The number of aromatic nitrogens is 4. The van der Waals surface area contributed by atoms with Gasteiger partial charge in [0.15, 0.2) is 5.82 Å². The maximum absolute atomic E-state index is 4.41. The number of hydrogen-bond donors (Lipinski definition) is 0. The Labute approximate surface area is 89.0 Å². The SMILES string of the molecule is CCc1ccn(-c2cc(C)nc(C)n2)n1. The minimum absolute atomic E-state index is 0.776. The summed E-state index contributed by atoms with van der Waals surface area (Å²) in [5, 5.41) is 4.41. The van der Waals surface area contributed by atoms with E-state index in [4.69, 9.17) is 0 Å². The third kappa shape index (κ3) is 2.03. The molecule has 78 valence electrons. The van der Waals surface area contributed by atoms with Crippen molar-refractivity contribution in [1.82, 2.24) is 19.7 Å². The second kappa shape index (κ2) is 3.81. The van der Waals surface area contributed by atoms with E-state index in [1.54, 1.807) is 4.68 Å². The maximum atomic E-state index is 4.41. The highest BCUT2D eigenvalue weighted by atomic mass is 15.3. The Morgan fingerprint density at radius 3 is 2.67 bits per heavy atom. The second-order valence-corrected chi connectivity index (χ2v) is 3.52. The van der Waals surface area contributed by atoms with Crippen molar-refractivity contribution in [3.05, 3.63) is 35.5 Å². The Bertz CT molecular complexity index is 453. The molecule has 4 heteroatoms. The average Bonchev–Trinajstić information content (AvgIpc) is 2.64. The Morgan fingerprint density at radius 1 is 1.27 bits per heavy atom. The number of hydrogen-bond acceptors (Lipinski definition) is 3. The highest BCUT2D eigenvalue weighted by Crippen LogP contribution is 2.07. The second-order valence-electron chi connectivity index (χ2n) is 3.52. The summed E-state index contributed by atoms with van der Waals surface area (Å²) < 4.78 is 1.79. The van der Waals surface area contributed by atoms with E-state index < -0.39 is 0 Å². The summed E-state index contributed by atoms with van der Waals surface area (Å²) >= 11 is 0. The summed E-state index contributed by atoms with van der Waals surface area (Å²) in [6, 6.07) is 3.94. The van der Waals surface area contributed by atoms with Gasteiger partial charge in [-0.1, -0.05) is 6.92 Å². The number of rotatable bonds is 2. The summed E-state index contributed by atoms with van der Waals surface area (Å²) in [5.41, 5.74) is 2.04. The molecule has 2 aromatic heterocycles. The number of aryl methyl sites for hydroxylation is 3. The van der Waals surface area contributed by atoms with Crippen LogP contribution in [0.3, 0.4) is 0 Å². The van der Waals surface area contributed by atoms with E-state index in [2.05, 4.69) is 22.0 Å². The van der Waals surface area contributed by atoms with Gasteiger partial charge in [-0.3, -0.25) is 0 Å². The first-order chi connectivity index (χ1) is 7.19. The molecule has 2 aromatic rings. The molecule has 2 rings (SSSR count). The zero-order valence-electron chi connectivity index (χ0n) is 9.23. The van der Waals surface area contributed by atoms with Crippen molar-refractivity contribution < 1.29 is 0 Å². The first kappa shape index (κ1) is 9.83. The molecule has 4 nitrogen and oxygen atoms in total. The predicted molar refractivity (Wildman–Crippen MR) is 58.0 cm³/mol. The molecular weight excluding hydrogens is 188 g/mol. The highest BCUT2D eigenvalue weighted by molar-refractivity contribution is 5.24. The van der Waals surface area contributed by atoms with Crippen LogP contribution < -0.4 is 0 Å².